The zero-order valence-corrected chi connectivity index (χ0v) is 7.67. The molecule has 72 valence electrons. The molecular weight excluding hydrogens is 158 g/mol. The topological polar surface area (TPSA) is 68.9 Å². The van der Waals surface area contributed by atoms with Crippen molar-refractivity contribution in [1.82, 2.24) is 5.48 Å². The molecule has 0 heterocycles. The van der Waals surface area contributed by atoms with Gasteiger partial charge in [0.2, 0.25) is 5.96 Å². The molecule has 3 N–H and O–H groups in total. The van der Waals surface area contributed by atoms with E-state index in [1.165, 1.54) is 0 Å². The van der Waals surface area contributed by atoms with Crippen LogP contribution in [0.1, 0.15) is 13.8 Å². The average Bonchev–Trinajstić information content (AvgIpc) is 2.05. The van der Waals surface area contributed by atoms with Crippen LogP contribution >= 0.6 is 0 Å². The van der Waals surface area contributed by atoms with Gasteiger partial charge in [-0.3, -0.25) is 9.83 Å². The van der Waals surface area contributed by atoms with Crippen LogP contribution in [-0.4, -0.2) is 32.3 Å². The fraction of sp³-hybridized carbons (Fsp3) is 0.857. The highest BCUT2D eigenvalue weighted by molar-refractivity contribution is 5.76. The van der Waals surface area contributed by atoms with Crippen LogP contribution in [0.4, 0.5) is 0 Å². The minimum absolute atomic E-state index is 0.300. The summed E-state index contributed by atoms with van der Waals surface area (Å²) in [6.07, 6.45) is 0. The summed E-state index contributed by atoms with van der Waals surface area (Å²) in [5, 5.41) is 0. The molecule has 0 radical (unpaired) electrons. The smallest absolute Gasteiger partial charge is 0.213 e. The van der Waals surface area contributed by atoms with Crippen molar-refractivity contribution in [2.75, 3.05) is 26.4 Å². The van der Waals surface area contributed by atoms with Crippen LogP contribution in [0.15, 0.2) is 4.99 Å². The first-order valence-electron chi connectivity index (χ1n) is 4.06. The van der Waals surface area contributed by atoms with Gasteiger partial charge in [0.15, 0.2) is 0 Å². The predicted molar refractivity (Wildman–Crippen MR) is 47.7 cm³/mol. The van der Waals surface area contributed by atoms with Gasteiger partial charge < -0.3 is 10.5 Å². The first-order chi connectivity index (χ1) is 5.81. The van der Waals surface area contributed by atoms with Gasteiger partial charge in [-0.05, 0) is 13.8 Å². The Bertz CT molecular complexity index is 128. The zero-order valence-electron chi connectivity index (χ0n) is 7.67. The minimum atomic E-state index is 0.300. The van der Waals surface area contributed by atoms with Gasteiger partial charge in [0.05, 0.1) is 13.2 Å². The van der Waals surface area contributed by atoms with Gasteiger partial charge in [-0.25, -0.2) is 5.48 Å². The van der Waals surface area contributed by atoms with E-state index in [2.05, 4.69) is 10.5 Å². The summed E-state index contributed by atoms with van der Waals surface area (Å²) in [7, 11) is 0. The maximum atomic E-state index is 5.37. The highest BCUT2D eigenvalue weighted by Crippen LogP contribution is 1.74. The van der Waals surface area contributed by atoms with Crippen molar-refractivity contribution in [2.45, 2.75) is 13.8 Å². The highest BCUT2D eigenvalue weighted by Gasteiger charge is 1.89. The molecule has 0 spiro atoms. The van der Waals surface area contributed by atoms with Crippen LogP contribution in [-0.2, 0) is 9.57 Å². The Hall–Kier alpha value is -0.810. The molecule has 0 rings (SSSR count). The largest absolute Gasteiger partial charge is 0.379 e. The van der Waals surface area contributed by atoms with Crippen molar-refractivity contribution in [3.8, 4) is 0 Å². The lowest BCUT2D eigenvalue weighted by atomic mass is 10.7. The van der Waals surface area contributed by atoms with Crippen molar-refractivity contribution >= 4 is 5.96 Å². The molecule has 0 aliphatic heterocycles. The third kappa shape index (κ3) is 7.30. The number of hydrogen-bond donors (Lipinski definition) is 2. The number of nitrogens with one attached hydrogen (secondary N) is 1. The van der Waals surface area contributed by atoms with E-state index in [0.29, 0.717) is 32.3 Å². The summed E-state index contributed by atoms with van der Waals surface area (Å²) in [6, 6.07) is 0. The maximum absolute atomic E-state index is 5.37. The van der Waals surface area contributed by atoms with E-state index in [9.17, 15) is 0 Å². The Labute approximate surface area is 72.9 Å². The Morgan fingerprint density at radius 1 is 1.42 bits per heavy atom. The van der Waals surface area contributed by atoms with E-state index < -0.39 is 0 Å². The second kappa shape index (κ2) is 8.29. The molecule has 12 heavy (non-hydrogen) atoms. The lowest BCUT2D eigenvalue weighted by Gasteiger charge is -2.05. The fourth-order valence-electron chi connectivity index (χ4n) is 0.573. The summed E-state index contributed by atoms with van der Waals surface area (Å²) in [4.78, 5) is 8.78. The number of rotatable bonds is 6. The van der Waals surface area contributed by atoms with Gasteiger partial charge >= 0.3 is 0 Å². The van der Waals surface area contributed by atoms with Crippen molar-refractivity contribution in [1.29, 1.82) is 0 Å². The van der Waals surface area contributed by atoms with Crippen LogP contribution in [0.5, 0.6) is 0 Å². The molecule has 0 saturated carbocycles. The van der Waals surface area contributed by atoms with Crippen LogP contribution in [0, 0.1) is 0 Å². The molecule has 0 saturated heterocycles. The monoisotopic (exact) mass is 175 g/mol. The third-order valence-electron chi connectivity index (χ3n) is 1.04. The van der Waals surface area contributed by atoms with Gasteiger partial charge in [-0.15, -0.1) is 0 Å². The number of ether oxygens (including phenoxy) is 1. The van der Waals surface area contributed by atoms with Gasteiger partial charge in [-0.1, -0.05) is 0 Å². The average molecular weight is 175 g/mol. The van der Waals surface area contributed by atoms with E-state index in [1.807, 2.05) is 13.8 Å². The van der Waals surface area contributed by atoms with Crippen LogP contribution < -0.4 is 11.2 Å². The van der Waals surface area contributed by atoms with Gasteiger partial charge in [0, 0.05) is 13.2 Å². The van der Waals surface area contributed by atoms with Crippen molar-refractivity contribution in [2.24, 2.45) is 10.7 Å². The molecule has 0 aromatic rings. The summed E-state index contributed by atoms with van der Waals surface area (Å²) in [6.45, 7) is 6.20. The van der Waals surface area contributed by atoms with E-state index in [1.54, 1.807) is 0 Å². The molecule has 5 nitrogen and oxygen atoms in total. The number of hydrogen-bond acceptors (Lipinski definition) is 3. The lowest BCUT2D eigenvalue weighted by molar-refractivity contribution is 0.0246. The standard InChI is InChI=1S/C7H17N3O2/c1-3-9-7(8)10-12-6-5-11-4-2/h3-6H2,1-2H3,(H3,8,9,10). The van der Waals surface area contributed by atoms with Gasteiger partial charge in [-0.2, -0.15) is 0 Å². The number of guanidine groups is 1. The van der Waals surface area contributed by atoms with Crippen LogP contribution in [0.2, 0.25) is 0 Å². The molecule has 5 heteroatoms. The second-order valence-corrected chi connectivity index (χ2v) is 2.01. The van der Waals surface area contributed by atoms with Gasteiger partial charge in [0.1, 0.15) is 0 Å². The molecular formula is C7H17N3O2. The maximum Gasteiger partial charge on any atom is 0.213 e. The quantitative estimate of drug-likeness (QED) is 0.255. The van der Waals surface area contributed by atoms with E-state index in [0.717, 1.165) is 0 Å². The number of nitrogens with two attached hydrogens (primary N) is 1. The molecule has 0 atom stereocenters. The van der Waals surface area contributed by atoms with Crippen molar-refractivity contribution in [3.05, 3.63) is 0 Å². The highest BCUT2D eigenvalue weighted by atomic mass is 16.7. The predicted octanol–water partition coefficient (Wildman–Crippen LogP) is -0.121. The van der Waals surface area contributed by atoms with Crippen LogP contribution in [0.3, 0.4) is 0 Å². The Kier molecular flexibility index (Phi) is 7.73. The summed E-state index contributed by atoms with van der Waals surface area (Å²) < 4.78 is 5.03. The van der Waals surface area contributed by atoms with Crippen molar-refractivity contribution < 1.29 is 9.57 Å². The van der Waals surface area contributed by atoms with Gasteiger partial charge in [0.25, 0.3) is 0 Å². The van der Waals surface area contributed by atoms with E-state index in [-0.39, 0.29) is 0 Å². The zero-order chi connectivity index (χ0) is 9.23. The summed E-state index contributed by atoms with van der Waals surface area (Å²) in [5.41, 5.74) is 7.86. The fourth-order valence-corrected chi connectivity index (χ4v) is 0.573. The third-order valence-corrected chi connectivity index (χ3v) is 1.04. The SMILES string of the molecule is CCN=C(N)NOCCOCC. The minimum Gasteiger partial charge on any atom is -0.379 e. The van der Waals surface area contributed by atoms with E-state index in [4.69, 9.17) is 15.3 Å². The molecule has 0 aromatic carbocycles. The molecule has 0 bridgehead atoms. The summed E-state index contributed by atoms with van der Waals surface area (Å²) in [5.74, 6) is 0.300. The normalized spacial score (nSPS) is 11.7. The molecule has 0 aliphatic carbocycles. The molecule has 0 aliphatic rings. The molecule has 0 amide bonds. The Morgan fingerprint density at radius 3 is 2.75 bits per heavy atom. The Balaban J connectivity index is 3.14. The molecule has 0 unspecified atom stereocenters. The molecule has 0 aromatic heterocycles. The number of nitrogens with zero attached hydrogens (tertiary/aromatic N) is 1. The lowest BCUT2D eigenvalue weighted by Crippen LogP contribution is -2.32. The van der Waals surface area contributed by atoms with E-state index >= 15 is 0 Å². The summed E-state index contributed by atoms with van der Waals surface area (Å²) >= 11 is 0. The number of hydroxylamine groups is 1. The number of aliphatic imine (C=N–C) groups is 1. The Morgan fingerprint density at radius 2 is 2.17 bits per heavy atom. The molecule has 0 fully saturated rings. The first kappa shape index (κ1) is 11.2. The second-order valence-electron chi connectivity index (χ2n) is 2.01. The van der Waals surface area contributed by atoms with Crippen molar-refractivity contribution in [3.63, 3.8) is 0 Å². The van der Waals surface area contributed by atoms with Crippen LogP contribution in [0.25, 0.3) is 0 Å². The first-order valence-corrected chi connectivity index (χ1v) is 4.06.